The molecule has 2 nitrogen and oxygen atoms in total. The zero-order valence-corrected chi connectivity index (χ0v) is 19.5. The highest BCUT2D eigenvalue weighted by Crippen LogP contribution is 2.40. The molecule has 1 heterocycles. The van der Waals surface area contributed by atoms with Gasteiger partial charge < -0.3 is 9.47 Å². The Hall–Kier alpha value is -3.52. The van der Waals surface area contributed by atoms with E-state index in [1.54, 1.807) is 6.08 Å². The Kier molecular flexibility index (Phi) is 6.62. The molecule has 37 heavy (non-hydrogen) atoms. The van der Waals surface area contributed by atoms with Crippen molar-refractivity contribution in [3.63, 3.8) is 0 Å². The summed E-state index contributed by atoms with van der Waals surface area (Å²) in [5.41, 5.74) is -0.872. The Labute approximate surface area is 209 Å². The fourth-order valence-electron chi connectivity index (χ4n) is 4.45. The van der Waals surface area contributed by atoms with Crippen LogP contribution < -0.4 is 0 Å². The van der Waals surface area contributed by atoms with E-state index in [1.165, 1.54) is 42.5 Å². The van der Waals surface area contributed by atoms with Gasteiger partial charge in [-0.3, -0.25) is 0 Å². The van der Waals surface area contributed by atoms with E-state index in [4.69, 9.17) is 9.47 Å². The van der Waals surface area contributed by atoms with Crippen molar-refractivity contribution in [3.05, 3.63) is 107 Å². The highest BCUT2D eigenvalue weighted by atomic mass is 19.3. The van der Waals surface area contributed by atoms with Crippen molar-refractivity contribution in [2.24, 2.45) is 5.92 Å². The average molecular weight is 516 g/mol. The largest absolute Gasteiger partial charge is 0.434 e. The number of alkyl halides is 2. The molecular weight excluding hydrogens is 494 g/mol. The van der Waals surface area contributed by atoms with Gasteiger partial charge in [0, 0.05) is 23.1 Å². The molecule has 0 spiro atoms. The third kappa shape index (κ3) is 4.90. The van der Waals surface area contributed by atoms with Gasteiger partial charge in [-0.1, -0.05) is 48.5 Å². The summed E-state index contributed by atoms with van der Waals surface area (Å²) in [6.45, 7) is 4.01. The van der Waals surface area contributed by atoms with Gasteiger partial charge in [0.25, 0.3) is 0 Å². The second-order valence-electron chi connectivity index (χ2n) is 9.08. The summed E-state index contributed by atoms with van der Waals surface area (Å²) in [7, 11) is 0. The molecule has 3 aromatic rings. The van der Waals surface area contributed by atoms with Crippen LogP contribution in [0.25, 0.3) is 22.3 Å². The second kappa shape index (κ2) is 9.74. The van der Waals surface area contributed by atoms with Gasteiger partial charge in [0.2, 0.25) is 0 Å². The third-order valence-corrected chi connectivity index (χ3v) is 6.70. The molecule has 2 aliphatic rings. The van der Waals surface area contributed by atoms with Crippen LogP contribution in [0.15, 0.2) is 73.0 Å². The van der Waals surface area contributed by atoms with Crippen molar-refractivity contribution >= 4 is 0 Å². The molecule has 5 rings (SSSR count). The molecule has 1 aliphatic heterocycles. The van der Waals surface area contributed by atoms with Crippen LogP contribution in [0, 0.1) is 29.2 Å². The topological polar surface area (TPSA) is 21.8 Å². The Morgan fingerprint density at radius 2 is 1.43 bits per heavy atom. The SMILES string of the molecule is C=CC1CC=C(OC(F)(F)c2ccc(-c3ccc(-c4ccc(C5CO5)c(F)c4F)cc3)c(F)c2F)CC1. The predicted molar refractivity (Wildman–Crippen MR) is 126 cm³/mol. The molecule has 8 heteroatoms. The summed E-state index contributed by atoms with van der Waals surface area (Å²) < 4.78 is 97.9. The maximum Gasteiger partial charge on any atom is 0.429 e. The van der Waals surface area contributed by atoms with Crippen molar-refractivity contribution < 1.29 is 35.8 Å². The number of hydrogen-bond donors (Lipinski definition) is 0. The fourth-order valence-corrected chi connectivity index (χ4v) is 4.45. The fraction of sp³-hybridized carbons (Fsp3) is 0.241. The number of halogens is 6. The van der Waals surface area contributed by atoms with Crippen molar-refractivity contribution in [2.75, 3.05) is 6.61 Å². The Morgan fingerprint density at radius 1 is 0.838 bits per heavy atom. The monoisotopic (exact) mass is 516 g/mol. The summed E-state index contributed by atoms with van der Waals surface area (Å²) >= 11 is 0. The van der Waals surface area contributed by atoms with Crippen molar-refractivity contribution in [1.29, 1.82) is 0 Å². The number of allylic oxidation sites excluding steroid dienone is 3. The van der Waals surface area contributed by atoms with Crippen LogP contribution >= 0.6 is 0 Å². The minimum atomic E-state index is -4.07. The van der Waals surface area contributed by atoms with E-state index in [1.807, 2.05) is 0 Å². The van der Waals surface area contributed by atoms with Crippen LogP contribution in [0.1, 0.15) is 36.5 Å². The molecule has 0 amide bonds. The molecule has 1 aliphatic carbocycles. The van der Waals surface area contributed by atoms with E-state index in [-0.39, 0.29) is 40.4 Å². The second-order valence-corrected chi connectivity index (χ2v) is 9.08. The van der Waals surface area contributed by atoms with E-state index < -0.39 is 41.0 Å². The summed E-state index contributed by atoms with van der Waals surface area (Å²) in [6.07, 6.45) is 0.0233. The molecule has 0 saturated carbocycles. The standard InChI is InChI=1S/C29H22F6O2/c1-2-16-3-9-19(10-4-16)37-29(34,35)23-14-13-21(26(31)28(23)33)18-7-5-17(6-8-18)20-11-12-22(24-15-36-24)27(32)25(20)30/h2,5-9,11-14,16,24H,1,3-4,10,15H2. The number of rotatable bonds is 7. The molecule has 192 valence electrons. The predicted octanol–water partition coefficient (Wildman–Crippen LogP) is 8.58. The van der Waals surface area contributed by atoms with Gasteiger partial charge >= 0.3 is 6.11 Å². The minimum Gasteiger partial charge on any atom is -0.434 e. The van der Waals surface area contributed by atoms with Gasteiger partial charge in [0.1, 0.15) is 11.7 Å². The van der Waals surface area contributed by atoms with Crippen LogP contribution in [-0.2, 0) is 15.6 Å². The summed E-state index contributed by atoms with van der Waals surface area (Å²) in [5.74, 6) is -5.06. The number of benzene rings is 3. The first kappa shape index (κ1) is 25.1. The van der Waals surface area contributed by atoms with E-state index in [0.29, 0.717) is 25.0 Å². The molecule has 0 N–H and O–H groups in total. The van der Waals surface area contributed by atoms with Gasteiger partial charge in [-0.25, -0.2) is 17.6 Å². The molecule has 0 radical (unpaired) electrons. The molecule has 1 fully saturated rings. The van der Waals surface area contributed by atoms with Gasteiger partial charge in [-0.2, -0.15) is 8.78 Å². The zero-order valence-electron chi connectivity index (χ0n) is 19.5. The molecular formula is C29H22F6O2. The molecule has 3 aromatic carbocycles. The maximum absolute atomic E-state index is 14.9. The summed E-state index contributed by atoms with van der Waals surface area (Å²) in [5, 5.41) is 0. The van der Waals surface area contributed by atoms with Crippen LogP contribution in [-0.4, -0.2) is 6.61 Å². The van der Waals surface area contributed by atoms with Gasteiger partial charge in [0.15, 0.2) is 23.3 Å². The van der Waals surface area contributed by atoms with Gasteiger partial charge in [-0.05, 0) is 42.0 Å². The van der Waals surface area contributed by atoms with Crippen LogP contribution in [0.2, 0.25) is 0 Å². The molecule has 2 unspecified atom stereocenters. The van der Waals surface area contributed by atoms with E-state index in [2.05, 4.69) is 6.58 Å². The van der Waals surface area contributed by atoms with E-state index in [0.717, 1.165) is 12.1 Å². The number of hydrogen-bond acceptors (Lipinski definition) is 2. The Bertz CT molecular complexity index is 1380. The minimum absolute atomic E-state index is 0.0105. The average Bonchev–Trinajstić information content (AvgIpc) is 3.73. The first-order valence-corrected chi connectivity index (χ1v) is 11.8. The third-order valence-electron chi connectivity index (χ3n) is 6.70. The summed E-state index contributed by atoms with van der Waals surface area (Å²) in [4.78, 5) is 0. The lowest BCUT2D eigenvalue weighted by Gasteiger charge is -2.25. The smallest absolute Gasteiger partial charge is 0.429 e. The van der Waals surface area contributed by atoms with Crippen LogP contribution in [0.4, 0.5) is 26.3 Å². The lowest BCUT2D eigenvalue weighted by Crippen LogP contribution is -2.22. The van der Waals surface area contributed by atoms with Gasteiger partial charge in [-0.15, -0.1) is 6.58 Å². The molecule has 1 saturated heterocycles. The lowest BCUT2D eigenvalue weighted by atomic mass is 9.93. The molecule has 2 atom stereocenters. The normalized spacial score (nSPS) is 19.4. The van der Waals surface area contributed by atoms with Crippen molar-refractivity contribution in [1.82, 2.24) is 0 Å². The Morgan fingerprint density at radius 3 is 1.97 bits per heavy atom. The van der Waals surface area contributed by atoms with E-state index >= 15 is 0 Å². The van der Waals surface area contributed by atoms with Crippen LogP contribution in [0.5, 0.6) is 0 Å². The maximum atomic E-state index is 14.9. The number of ether oxygens (including phenoxy) is 2. The number of epoxide rings is 1. The quantitative estimate of drug-likeness (QED) is 0.178. The van der Waals surface area contributed by atoms with Crippen LogP contribution in [0.3, 0.4) is 0 Å². The highest BCUT2D eigenvalue weighted by molar-refractivity contribution is 5.71. The highest BCUT2D eigenvalue weighted by Gasteiger charge is 2.40. The van der Waals surface area contributed by atoms with Crippen molar-refractivity contribution in [3.8, 4) is 22.3 Å². The molecule has 0 bridgehead atoms. The van der Waals surface area contributed by atoms with E-state index in [9.17, 15) is 26.3 Å². The van der Waals surface area contributed by atoms with Crippen molar-refractivity contribution in [2.45, 2.75) is 31.5 Å². The Balaban J connectivity index is 1.38. The lowest BCUT2D eigenvalue weighted by molar-refractivity contribution is -0.228. The zero-order chi connectivity index (χ0) is 26.3. The summed E-state index contributed by atoms with van der Waals surface area (Å²) in [6, 6.07) is 10.3. The van der Waals surface area contributed by atoms with Gasteiger partial charge in [0.05, 0.1) is 12.4 Å². The first-order valence-electron chi connectivity index (χ1n) is 11.8. The molecule has 0 aromatic heterocycles. The first-order chi connectivity index (χ1) is 17.7.